The lowest BCUT2D eigenvalue weighted by Crippen LogP contribution is -2.71. The molecule has 0 bridgehead atoms. The molecule has 3 fully saturated rings. The first-order chi connectivity index (χ1) is 22.9. The van der Waals surface area contributed by atoms with E-state index in [1.165, 1.54) is 6.92 Å². The number of β-lactam (4-membered cyclic amide) rings is 1. The van der Waals surface area contributed by atoms with E-state index in [0.717, 1.165) is 28.0 Å². The third-order valence-corrected chi connectivity index (χ3v) is 10.5. The molecule has 254 valence electrons. The number of aryl methyl sites for hydroxylation is 1. The number of aliphatic carboxylic acids is 1. The number of aromatic nitrogens is 1. The van der Waals surface area contributed by atoms with Gasteiger partial charge in [0.15, 0.2) is 29.0 Å². The number of halogens is 1. The molecule has 21 heteroatoms. The number of nitrogens with two attached hydrogens (primary N) is 1. The fourth-order valence-electron chi connectivity index (χ4n) is 5.92. The van der Waals surface area contributed by atoms with Crippen LogP contribution in [0.4, 0.5) is 5.13 Å². The number of fused-ring (bicyclic) bond motifs is 1. The van der Waals surface area contributed by atoms with E-state index >= 15 is 0 Å². The first kappa shape index (κ1) is 33.2. The van der Waals surface area contributed by atoms with Crippen LogP contribution >= 0.6 is 34.7 Å². The van der Waals surface area contributed by atoms with Gasteiger partial charge in [0.25, 0.3) is 17.7 Å². The van der Waals surface area contributed by atoms with Crippen LogP contribution in [0.5, 0.6) is 0 Å². The third kappa shape index (κ3) is 5.84. The fourth-order valence-corrected chi connectivity index (χ4v) is 8.20. The number of ether oxygens (including phenoxy) is 1. The normalized spacial score (nSPS) is 23.7. The molecule has 0 aliphatic carbocycles. The van der Waals surface area contributed by atoms with Gasteiger partial charge in [0.05, 0.1) is 5.57 Å². The molecule has 0 unspecified atom stereocenters. The number of hydrogen-bond donors (Lipinski definition) is 5. The Balaban J connectivity index is 1.32. The number of nitrogen functional groups attached to an aromatic ring is 1. The summed E-state index contributed by atoms with van der Waals surface area (Å²) in [5.41, 5.74) is 3.79. The van der Waals surface area contributed by atoms with E-state index in [2.05, 4.69) is 20.8 Å². The standard InChI is InChI=1S/C27H26ClN7O11S2/c1-9-13(46-27(42)45-9)7-44-25(41)14(11-3-5-34(21(11)37)10-2-4-30-6-10)12-8-47-23-17(22(38)35(23)18(12)24(39)40)31-20(36)16(33-43)15-19(28)48-26(29)32-15/h10,17,23,30,43H,2-8H2,1H3,(H2,29,32)(H,31,36)(H,39,40)/b14-11+,33-16-/t10-,17-,23-/m1/s1. The number of oxime groups is 1. The summed E-state index contributed by atoms with van der Waals surface area (Å²) in [4.78, 5) is 84.6. The van der Waals surface area contributed by atoms with Crippen molar-refractivity contribution in [1.29, 1.82) is 0 Å². The highest BCUT2D eigenvalue weighted by molar-refractivity contribution is 8.00. The number of carboxylic acid groups (broad SMARTS) is 1. The number of thiazole rings is 1. The molecular weight excluding hydrogens is 698 g/mol. The van der Waals surface area contributed by atoms with Gasteiger partial charge in [0, 0.05) is 36.0 Å². The molecule has 3 saturated heterocycles. The number of anilines is 1. The molecule has 0 radical (unpaired) electrons. The molecule has 6 heterocycles. The Hall–Kier alpha value is -4.66. The van der Waals surface area contributed by atoms with Crippen molar-refractivity contribution < 1.29 is 47.9 Å². The van der Waals surface area contributed by atoms with Gasteiger partial charge in [-0.05, 0) is 26.3 Å². The lowest BCUT2D eigenvalue weighted by atomic mass is 9.94. The van der Waals surface area contributed by atoms with Crippen LogP contribution in [0.25, 0.3) is 0 Å². The molecule has 4 aliphatic heterocycles. The van der Waals surface area contributed by atoms with Gasteiger partial charge in [0.1, 0.15) is 27.1 Å². The zero-order valence-corrected chi connectivity index (χ0v) is 27.2. The molecule has 3 amide bonds. The largest absolute Gasteiger partial charge is 0.519 e. The summed E-state index contributed by atoms with van der Waals surface area (Å²) in [5, 5.41) is 27.5. The maximum Gasteiger partial charge on any atom is 0.519 e. The van der Waals surface area contributed by atoms with Gasteiger partial charge in [-0.15, -0.1) is 11.8 Å². The van der Waals surface area contributed by atoms with Gasteiger partial charge in [-0.1, -0.05) is 28.1 Å². The number of hydrogen-bond acceptors (Lipinski definition) is 16. The van der Waals surface area contributed by atoms with Crippen molar-refractivity contribution in [3.05, 3.63) is 54.6 Å². The highest BCUT2D eigenvalue weighted by atomic mass is 35.5. The van der Waals surface area contributed by atoms with E-state index < -0.39 is 64.9 Å². The van der Waals surface area contributed by atoms with E-state index in [9.17, 15) is 39.1 Å². The highest BCUT2D eigenvalue weighted by Crippen LogP contribution is 2.44. The molecule has 6 rings (SSSR count). The van der Waals surface area contributed by atoms with Gasteiger partial charge >= 0.3 is 17.8 Å². The van der Waals surface area contributed by atoms with Gasteiger partial charge < -0.3 is 45.2 Å². The van der Waals surface area contributed by atoms with Crippen molar-refractivity contribution in [3.63, 3.8) is 0 Å². The van der Waals surface area contributed by atoms with Crippen molar-refractivity contribution >= 4 is 75.2 Å². The minimum absolute atomic E-state index is 0.00174. The number of carboxylic acids is 1. The maximum atomic E-state index is 13.8. The van der Waals surface area contributed by atoms with Gasteiger partial charge in [-0.25, -0.2) is 19.4 Å². The number of likely N-dealkylation sites (tertiary alicyclic amines) is 1. The van der Waals surface area contributed by atoms with Gasteiger partial charge in [-0.2, -0.15) is 0 Å². The van der Waals surface area contributed by atoms with Crippen LogP contribution in [0.3, 0.4) is 0 Å². The average molecular weight is 724 g/mol. The highest BCUT2D eigenvalue weighted by Gasteiger charge is 2.55. The fraction of sp³-hybridized carbons (Fsp3) is 0.407. The van der Waals surface area contributed by atoms with Crippen molar-refractivity contribution in [1.82, 2.24) is 25.4 Å². The lowest BCUT2D eigenvalue weighted by molar-refractivity contribution is -0.150. The summed E-state index contributed by atoms with van der Waals surface area (Å²) in [6.45, 7) is 2.40. The number of carbonyl (C=O) groups is 5. The van der Waals surface area contributed by atoms with Gasteiger partial charge in [-0.3, -0.25) is 19.3 Å². The summed E-state index contributed by atoms with van der Waals surface area (Å²) in [6.07, 6.45) is 0.794. The molecule has 2 aromatic rings. The van der Waals surface area contributed by atoms with E-state index in [1.54, 1.807) is 4.90 Å². The Morgan fingerprint density at radius 1 is 1.27 bits per heavy atom. The molecule has 0 spiro atoms. The Morgan fingerprint density at radius 2 is 2.04 bits per heavy atom. The smallest absolute Gasteiger partial charge is 0.477 e. The second kappa shape index (κ2) is 13.1. The van der Waals surface area contributed by atoms with Crippen LogP contribution < -0.4 is 22.2 Å². The first-order valence-corrected chi connectivity index (χ1v) is 16.5. The second-order valence-corrected chi connectivity index (χ2v) is 13.6. The number of nitrogens with zero attached hydrogens (tertiary/aromatic N) is 4. The van der Waals surface area contributed by atoms with E-state index in [1.807, 2.05) is 0 Å². The molecule has 2 aromatic heterocycles. The van der Waals surface area contributed by atoms with Crippen molar-refractivity contribution in [3.8, 4) is 0 Å². The number of rotatable bonds is 9. The Bertz CT molecular complexity index is 1890. The SMILES string of the molecule is Cc1oc(=O)oc1COC(=O)/C(C1=C(C(=O)O)N2C(=O)[C@@H](NC(=O)/C(=N\O)c3nc(N)sc3Cl)[C@H]2SC1)=C1\CCN([C@@H]2CCNC2)C1=O. The molecule has 48 heavy (non-hydrogen) atoms. The van der Waals surface area contributed by atoms with Crippen LogP contribution in [0.1, 0.15) is 30.1 Å². The first-order valence-electron chi connectivity index (χ1n) is 14.3. The Kier molecular flexibility index (Phi) is 9.07. The average Bonchev–Trinajstić information content (AvgIpc) is 3.84. The predicted molar refractivity (Wildman–Crippen MR) is 166 cm³/mol. The number of esters is 1. The van der Waals surface area contributed by atoms with Crippen molar-refractivity contribution in [2.24, 2.45) is 5.16 Å². The summed E-state index contributed by atoms with van der Waals surface area (Å²) >= 11 is 7.90. The number of amides is 3. The predicted octanol–water partition coefficient (Wildman–Crippen LogP) is -0.216. The van der Waals surface area contributed by atoms with Crippen molar-refractivity contribution in [2.75, 3.05) is 31.1 Å². The number of carbonyl (C=O) groups excluding carboxylic acids is 4. The Morgan fingerprint density at radius 3 is 2.65 bits per heavy atom. The molecule has 3 atom stereocenters. The van der Waals surface area contributed by atoms with Gasteiger partial charge in [0.2, 0.25) is 0 Å². The molecule has 0 aromatic carbocycles. The van der Waals surface area contributed by atoms with E-state index in [0.29, 0.717) is 19.5 Å². The van der Waals surface area contributed by atoms with E-state index in [-0.39, 0.29) is 68.2 Å². The maximum absolute atomic E-state index is 13.8. The zero-order chi connectivity index (χ0) is 34.4. The second-order valence-electron chi connectivity index (χ2n) is 10.9. The minimum Gasteiger partial charge on any atom is -0.477 e. The monoisotopic (exact) mass is 723 g/mol. The van der Waals surface area contributed by atoms with Crippen LogP contribution in [0.15, 0.2) is 41.2 Å². The third-order valence-electron chi connectivity index (χ3n) is 8.17. The lowest BCUT2D eigenvalue weighted by Gasteiger charge is -2.49. The molecular formula is C27H26ClN7O11S2. The summed E-state index contributed by atoms with van der Waals surface area (Å²) < 4.78 is 15.1. The summed E-state index contributed by atoms with van der Waals surface area (Å²) in [5.74, 6) is -6.18. The van der Waals surface area contributed by atoms with Crippen LogP contribution in [0, 0.1) is 6.92 Å². The van der Waals surface area contributed by atoms with Crippen molar-refractivity contribution in [2.45, 2.75) is 43.8 Å². The Labute approximate surface area is 282 Å². The molecule has 6 N–H and O–H groups in total. The quantitative estimate of drug-likeness (QED) is 0.0560. The number of nitrogens with one attached hydrogen (secondary N) is 2. The van der Waals surface area contributed by atoms with Crippen LogP contribution in [-0.4, -0.2) is 103 Å². The topological polar surface area (TPSA) is 260 Å². The van der Waals surface area contributed by atoms with Crippen LogP contribution in [0.2, 0.25) is 4.34 Å². The summed E-state index contributed by atoms with van der Waals surface area (Å²) in [6, 6.07) is -1.39. The minimum atomic E-state index is -1.57. The molecule has 4 aliphatic rings. The summed E-state index contributed by atoms with van der Waals surface area (Å²) in [7, 11) is 0. The molecule has 18 nitrogen and oxygen atoms in total. The number of thioether (sulfide) groups is 1. The van der Waals surface area contributed by atoms with E-state index in [4.69, 9.17) is 30.9 Å². The molecule has 0 saturated carbocycles. The van der Waals surface area contributed by atoms with Crippen LogP contribution in [-0.2, 0) is 35.3 Å². The zero-order valence-electron chi connectivity index (χ0n) is 24.8.